The molecule has 1 aromatic rings. The van der Waals surface area contributed by atoms with Gasteiger partial charge in [-0.05, 0) is 37.5 Å². The smallest absolute Gasteiger partial charge is 0.251 e. The van der Waals surface area contributed by atoms with Crippen molar-refractivity contribution in [3.05, 3.63) is 29.3 Å². The standard InChI is InChI=1S/C18H25N3O4/c1-13-14(18(24)19-9-11-25-2)6-5-7-15(13)20-16(22)12-21-10-4-3-8-17(21)23/h5-7H,3-4,8-12H2,1-2H3,(H,19,24)(H,20,22). The first-order valence-electron chi connectivity index (χ1n) is 8.47. The largest absolute Gasteiger partial charge is 0.383 e. The molecule has 2 N–H and O–H groups in total. The second-order valence-corrected chi connectivity index (χ2v) is 6.05. The maximum absolute atomic E-state index is 12.2. The molecule has 0 saturated carbocycles. The highest BCUT2D eigenvalue weighted by Crippen LogP contribution is 2.19. The quantitative estimate of drug-likeness (QED) is 0.728. The summed E-state index contributed by atoms with van der Waals surface area (Å²) in [5.41, 5.74) is 1.77. The van der Waals surface area contributed by atoms with Crippen molar-refractivity contribution in [1.82, 2.24) is 10.2 Å². The number of likely N-dealkylation sites (tertiary alicyclic amines) is 1. The third-order valence-electron chi connectivity index (χ3n) is 4.20. The number of hydrogen-bond acceptors (Lipinski definition) is 4. The molecule has 2 rings (SSSR count). The molecule has 1 aliphatic heterocycles. The highest BCUT2D eigenvalue weighted by molar-refractivity contribution is 6.00. The fraction of sp³-hybridized carbons (Fsp3) is 0.500. The summed E-state index contributed by atoms with van der Waals surface area (Å²) in [5.74, 6) is -0.448. The minimum Gasteiger partial charge on any atom is -0.383 e. The SMILES string of the molecule is COCCNC(=O)c1cccc(NC(=O)CN2CCCCC2=O)c1C. The molecule has 25 heavy (non-hydrogen) atoms. The first kappa shape index (κ1) is 18.9. The van der Waals surface area contributed by atoms with E-state index in [2.05, 4.69) is 10.6 Å². The second-order valence-electron chi connectivity index (χ2n) is 6.05. The van der Waals surface area contributed by atoms with Crippen molar-refractivity contribution in [2.75, 3.05) is 38.7 Å². The Balaban J connectivity index is 1.99. The lowest BCUT2D eigenvalue weighted by Gasteiger charge is -2.26. The Morgan fingerprint density at radius 3 is 2.80 bits per heavy atom. The number of methoxy groups -OCH3 is 1. The number of carbonyl (C=O) groups excluding carboxylic acids is 3. The van der Waals surface area contributed by atoms with Crippen LogP contribution in [0.4, 0.5) is 5.69 Å². The molecule has 0 atom stereocenters. The van der Waals surface area contributed by atoms with E-state index in [-0.39, 0.29) is 24.3 Å². The molecule has 0 spiro atoms. The number of rotatable bonds is 7. The van der Waals surface area contributed by atoms with E-state index in [0.29, 0.717) is 42.9 Å². The number of benzene rings is 1. The van der Waals surface area contributed by atoms with E-state index in [1.54, 1.807) is 37.1 Å². The van der Waals surface area contributed by atoms with Crippen LogP contribution in [0.15, 0.2) is 18.2 Å². The number of nitrogens with one attached hydrogen (secondary N) is 2. The lowest BCUT2D eigenvalue weighted by molar-refractivity contribution is -0.136. The van der Waals surface area contributed by atoms with Crippen LogP contribution in [0.3, 0.4) is 0 Å². The van der Waals surface area contributed by atoms with Crippen LogP contribution in [-0.4, -0.2) is 56.0 Å². The molecular formula is C18H25N3O4. The molecule has 1 heterocycles. The minimum atomic E-state index is -0.254. The number of ether oxygens (including phenoxy) is 1. The fourth-order valence-electron chi connectivity index (χ4n) is 2.77. The van der Waals surface area contributed by atoms with E-state index in [9.17, 15) is 14.4 Å². The molecule has 0 radical (unpaired) electrons. The van der Waals surface area contributed by atoms with Crippen LogP contribution in [0.1, 0.15) is 35.2 Å². The zero-order valence-electron chi connectivity index (χ0n) is 14.8. The lowest BCUT2D eigenvalue weighted by Crippen LogP contribution is -2.40. The van der Waals surface area contributed by atoms with Gasteiger partial charge < -0.3 is 20.3 Å². The highest BCUT2D eigenvalue weighted by atomic mass is 16.5. The number of amides is 3. The summed E-state index contributed by atoms with van der Waals surface area (Å²) in [5, 5.41) is 5.57. The molecule has 136 valence electrons. The summed E-state index contributed by atoms with van der Waals surface area (Å²) in [7, 11) is 1.57. The number of nitrogens with zero attached hydrogens (tertiary/aromatic N) is 1. The topological polar surface area (TPSA) is 87.7 Å². The number of piperidine rings is 1. The van der Waals surface area contributed by atoms with E-state index < -0.39 is 0 Å². The van der Waals surface area contributed by atoms with Crippen molar-refractivity contribution in [2.24, 2.45) is 0 Å². The van der Waals surface area contributed by atoms with E-state index in [1.165, 1.54) is 0 Å². The van der Waals surface area contributed by atoms with Crippen LogP contribution in [-0.2, 0) is 14.3 Å². The van der Waals surface area contributed by atoms with Gasteiger partial charge in [0.15, 0.2) is 0 Å². The van der Waals surface area contributed by atoms with E-state index >= 15 is 0 Å². The second kappa shape index (κ2) is 9.17. The average molecular weight is 347 g/mol. The predicted molar refractivity (Wildman–Crippen MR) is 94.4 cm³/mol. The van der Waals surface area contributed by atoms with Crippen molar-refractivity contribution < 1.29 is 19.1 Å². The Hall–Kier alpha value is -2.41. The van der Waals surface area contributed by atoms with Crippen molar-refractivity contribution in [3.63, 3.8) is 0 Å². The van der Waals surface area contributed by atoms with Gasteiger partial charge in [0.1, 0.15) is 0 Å². The zero-order chi connectivity index (χ0) is 18.2. The molecule has 0 aromatic heterocycles. The molecule has 3 amide bonds. The predicted octanol–water partition coefficient (Wildman–Crippen LogP) is 1.32. The average Bonchev–Trinajstić information content (AvgIpc) is 2.59. The Morgan fingerprint density at radius 2 is 2.08 bits per heavy atom. The van der Waals surface area contributed by atoms with E-state index in [1.807, 2.05) is 0 Å². The Morgan fingerprint density at radius 1 is 1.28 bits per heavy atom. The summed E-state index contributed by atoms with van der Waals surface area (Å²) >= 11 is 0. The van der Waals surface area contributed by atoms with Crippen LogP contribution in [0, 0.1) is 6.92 Å². The first-order chi connectivity index (χ1) is 12.0. The summed E-state index contributed by atoms with van der Waals surface area (Å²) in [4.78, 5) is 37.8. The fourth-order valence-corrected chi connectivity index (χ4v) is 2.77. The molecule has 1 aromatic carbocycles. The summed E-state index contributed by atoms with van der Waals surface area (Å²) in [6, 6.07) is 5.18. The van der Waals surface area contributed by atoms with Crippen LogP contribution >= 0.6 is 0 Å². The van der Waals surface area contributed by atoms with Gasteiger partial charge in [-0.3, -0.25) is 14.4 Å². The van der Waals surface area contributed by atoms with Gasteiger partial charge in [-0.25, -0.2) is 0 Å². The molecule has 1 fully saturated rings. The Kier molecular flexibility index (Phi) is 6.94. The molecule has 1 aliphatic rings. The van der Waals surface area contributed by atoms with Crippen molar-refractivity contribution in [3.8, 4) is 0 Å². The van der Waals surface area contributed by atoms with E-state index in [4.69, 9.17) is 4.74 Å². The van der Waals surface area contributed by atoms with Crippen LogP contribution in [0.25, 0.3) is 0 Å². The first-order valence-corrected chi connectivity index (χ1v) is 8.47. The third-order valence-corrected chi connectivity index (χ3v) is 4.20. The highest BCUT2D eigenvalue weighted by Gasteiger charge is 2.21. The van der Waals surface area contributed by atoms with Crippen LogP contribution < -0.4 is 10.6 Å². The van der Waals surface area contributed by atoms with Gasteiger partial charge in [0, 0.05) is 37.9 Å². The molecule has 1 saturated heterocycles. The number of anilines is 1. The van der Waals surface area contributed by atoms with Gasteiger partial charge >= 0.3 is 0 Å². The molecule has 7 heteroatoms. The molecule has 0 aliphatic carbocycles. The van der Waals surface area contributed by atoms with Gasteiger partial charge in [0.05, 0.1) is 13.2 Å². The van der Waals surface area contributed by atoms with Crippen LogP contribution in [0.2, 0.25) is 0 Å². The maximum Gasteiger partial charge on any atom is 0.251 e. The maximum atomic E-state index is 12.2. The number of carbonyl (C=O) groups is 3. The molecule has 0 bridgehead atoms. The van der Waals surface area contributed by atoms with Gasteiger partial charge in [-0.1, -0.05) is 6.07 Å². The summed E-state index contributed by atoms with van der Waals surface area (Å²) in [6.45, 7) is 3.30. The van der Waals surface area contributed by atoms with Crippen molar-refractivity contribution in [2.45, 2.75) is 26.2 Å². The van der Waals surface area contributed by atoms with Gasteiger partial charge in [-0.15, -0.1) is 0 Å². The van der Waals surface area contributed by atoms with Crippen molar-refractivity contribution >= 4 is 23.4 Å². The monoisotopic (exact) mass is 347 g/mol. The zero-order valence-corrected chi connectivity index (χ0v) is 14.8. The van der Waals surface area contributed by atoms with Gasteiger partial charge in [-0.2, -0.15) is 0 Å². The molecule has 7 nitrogen and oxygen atoms in total. The lowest BCUT2D eigenvalue weighted by atomic mass is 10.1. The summed E-state index contributed by atoms with van der Waals surface area (Å²) in [6.07, 6.45) is 2.31. The van der Waals surface area contributed by atoms with Crippen molar-refractivity contribution in [1.29, 1.82) is 0 Å². The third kappa shape index (κ3) is 5.29. The molecule has 0 unspecified atom stereocenters. The Labute approximate surface area is 147 Å². The van der Waals surface area contributed by atoms with Gasteiger partial charge in [0.2, 0.25) is 11.8 Å². The van der Waals surface area contributed by atoms with Gasteiger partial charge in [0.25, 0.3) is 5.91 Å². The summed E-state index contributed by atoms with van der Waals surface area (Å²) < 4.78 is 4.91. The Bertz CT molecular complexity index is 645. The van der Waals surface area contributed by atoms with Crippen LogP contribution in [0.5, 0.6) is 0 Å². The minimum absolute atomic E-state index is 0.0180. The number of hydrogen-bond donors (Lipinski definition) is 2. The van der Waals surface area contributed by atoms with E-state index in [0.717, 1.165) is 12.8 Å². The molecular weight excluding hydrogens is 322 g/mol. The normalized spacial score (nSPS) is 14.3.